The maximum atomic E-state index is 11.1. The minimum Gasteiger partial charge on any atom is -0.408 e. The maximum Gasteiger partial charge on any atom is 0.417 e. The number of halogens is 1. The summed E-state index contributed by atoms with van der Waals surface area (Å²) in [5.41, 5.74) is 1.77. The Kier molecular flexibility index (Phi) is 2.85. The number of fused-ring (bicyclic) bond motifs is 1. The average Bonchev–Trinajstić information content (AvgIpc) is 2.92. The molecule has 2 N–H and O–H groups in total. The molecule has 0 amide bonds. The number of aliphatic hydroxyl groups is 1. The standard InChI is InChI=1S/C12H8BrNO3S/c13-10-4-3-9(18-10)11(15)6-1-2-7-8(5-6)17-12(16)14-7/h1-5,11,15H,(H,14,16). The third-order valence-corrected chi connectivity index (χ3v) is 4.30. The lowest BCUT2D eigenvalue weighted by atomic mass is 10.1. The van der Waals surface area contributed by atoms with Gasteiger partial charge >= 0.3 is 5.76 Å². The first-order valence-electron chi connectivity index (χ1n) is 5.19. The van der Waals surface area contributed by atoms with Gasteiger partial charge in [0.25, 0.3) is 0 Å². The van der Waals surface area contributed by atoms with Gasteiger partial charge in [0.2, 0.25) is 0 Å². The van der Waals surface area contributed by atoms with Crippen molar-refractivity contribution in [1.29, 1.82) is 0 Å². The van der Waals surface area contributed by atoms with Gasteiger partial charge in [-0.2, -0.15) is 0 Å². The van der Waals surface area contributed by atoms with Crippen LogP contribution < -0.4 is 5.76 Å². The van der Waals surface area contributed by atoms with Gasteiger partial charge in [-0.05, 0) is 45.8 Å². The molecule has 0 bridgehead atoms. The highest BCUT2D eigenvalue weighted by molar-refractivity contribution is 9.11. The largest absolute Gasteiger partial charge is 0.417 e. The van der Waals surface area contributed by atoms with Crippen molar-refractivity contribution in [2.75, 3.05) is 0 Å². The van der Waals surface area contributed by atoms with E-state index in [2.05, 4.69) is 20.9 Å². The van der Waals surface area contributed by atoms with Crippen LogP contribution in [0.1, 0.15) is 16.5 Å². The molecule has 2 aromatic heterocycles. The summed E-state index contributed by atoms with van der Waals surface area (Å²) in [7, 11) is 0. The highest BCUT2D eigenvalue weighted by atomic mass is 79.9. The average molecular weight is 326 g/mol. The van der Waals surface area contributed by atoms with Crippen LogP contribution >= 0.6 is 27.3 Å². The Bertz CT molecular complexity index is 758. The minimum atomic E-state index is -0.717. The quantitative estimate of drug-likeness (QED) is 0.761. The fourth-order valence-corrected chi connectivity index (χ4v) is 3.21. The van der Waals surface area contributed by atoms with Crippen LogP contribution in [0.2, 0.25) is 0 Å². The first-order chi connectivity index (χ1) is 8.63. The number of aromatic amines is 1. The van der Waals surface area contributed by atoms with Gasteiger partial charge in [-0.1, -0.05) is 6.07 Å². The lowest BCUT2D eigenvalue weighted by Crippen LogP contribution is -1.96. The molecule has 6 heteroatoms. The van der Waals surface area contributed by atoms with Crippen molar-refractivity contribution in [3.63, 3.8) is 0 Å². The smallest absolute Gasteiger partial charge is 0.408 e. The van der Waals surface area contributed by atoms with E-state index >= 15 is 0 Å². The molecule has 92 valence electrons. The third-order valence-electron chi connectivity index (χ3n) is 2.62. The molecule has 0 fully saturated rings. The number of hydrogen-bond acceptors (Lipinski definition) is 4. The van der Waals surface area contributed by atoms with Gasteiger partial charge in [0.15, 0.2) is 5.58 Å². The zero-order valence-electron chi connectivity index (χ0n) is 9.01. The molecule has 1 unspecified atom stereocenters. The maximum absolute atomic E-state index is 11.1. The van der Waals surface area contributed by atoms with Crippen molar-refractivity contribution in [3.8, 4) is 0 Å². The molecular weight excluding hydrogens is 318 g/mol. The number of oxazole rings is 1. The van der Waals surface area contributed by atoms with E-state index in [4.69, 9.17) is 4.42 Å². The Morgan fingerprint density at radius 1 is 1.33 bits per heavy atom. The first kappa shape index (κ1) is 11.7. The monoisotopic (exact) mass is 325 g/mol. The van der Waals surface area contributed by atoms with Crippen molar-refractivity contribution in [2.24, 2.45) is 0 Å². The Morgan fingerprint density at radius 3 is 2.89 bits per heavy atom. The fourth-order valence-electron chi connectivity index (χ4n) is 1.77. The summed E-state index contributed by atoms with van der Waals surface area (Å²) in [6.45, 7) is 0. The Balaban J connectivity index is 2.05. The highest BCUT2D eigenvalue weighted by Crippen LogP contribution is 2.31. The van der Waals surface area contributed by atoms with Crippen LogP contribution in [0.25, 0.3) is 11.1 Å². The van der Waals surface area contributed by atoms with E-state index in [1.807, 2.05) is 12.1 Å². The predicted molar refractivity (Wildman–Crippen MR) is 72.9 cm³/mol. The number of benzene rings is 1. The van der Waals surface area contributed by atoms with Crippen molar-refractivity contribution in [2.45, 2.75) is 6.10 Å². The summed E-state index contributed by atoms with van der Waals surface area (Å²) >= 11 is 4.83. The van der Waals surface area contributed by atoms with E-state index in [-0.39, 0.29) is 0 Å². The van der Waals surface area contributed by atoms with E-state index in [9.17, 15) is 9.90 Å². The molecule has 0 radical (unpaired) electrons. The zero-order valence-corrected chi connectivity index (χ0v) is 11.4. The predicted octanol–water partition coefficient (Wildman–Crippen LogP) is 3.03. The number of H-pyrrole nitrogens is 1. The Labute approximate surface area is 114 Å². The van der Waals surface area contributed by atoms with E-state index in [0.717, 1.165) is 8.66 Å². The number of thiophene rings is 1. The summed E-state index contributed by atoms with van der Waals surface area (Å²) in [6.07, 6.45) is -0.717. The SMILES string of the molecule is O=c1[nH]c2ccc(C(O)c3ccc(Br)s3)cc2o1. The lowest BCUT2D eigenvalue weighted by molar-refractivity contribution is 0.224. The van der Waals surface area contributed by atoms with Gasteiger partial charge in [0.1, 0.15) is 6.10 Å². The second-order valence-corrected chi connectivity index (χ2v) is 6.31. The molecule has 3 rings (SSSR count). The normalized spacial score (nSPS) is 13.0. The van der Waals surface area contributed by atoms with Gasteiger partial charge in [-0.15, -0.1) is 11.3 Å². The van der Waals surface area contributed by atoms with E-state index in [1.165, 1.54) is 11.3 Å². The van der Waals surface area contributed by atoms with Crippen molar-refractivity contribution < 1.29 is 9.52 Å². The molecule has 0 spiro atoms. The molecule has 2 heterocycles. The Hall–Kier alpha value is -1.37. The van der Waals surface area contributed by atoms with E-state index < -0.39 is 11.9 Å². The summed E-state index contributed by atoms with van der Waals surface area (Å²) in [5, 5.41) is 10.2. The zero-order chi connectivity index (χ0) is 12.7. The summed E-state index contributed by atoms with van der Waals surface area (Å²) in [4.78, 5) is 14.4. The minimum absolute atomic E-state index is 0.451. The second-order valence-electron chi connectivity index (χ2n) is 3.81. The van der Waals surface area contributed by atoms with Gasteiger partial charge in [-0.3, -0.25) is 4.98 Å². The lowest BCUT2D eigenvalue weighted by Gasteiger charge is -2.08. The number of hydrogen-bond donors (Lipinski definition) is 2. The van der Waals surface area contributed by atoms with Crippen LogP contribution in [0.3, 0.4) is 0 Å². The highest BCUT2D eigenvalue weighted by Gasteiger charge is 2.14. The van der Waals surface area contributed by atoms with Gasteiger partial charge in [-0.25, -0.2) is 4.79 Å². The topological polar surface area (TPSA) is 66.2 Å². The third kappa shape index (κ3) is 2.03. The molecule has 0 aliphatic heterocycles. The van der Waals surface area contributed by atoms with Crippen molar-refractivity contribution in [1.82, 2.24) is 4.98 Å². The molecule has 0 aliphatic carbocycles. The molecule has 4 nitrogen and oxygen atoms in total. The van der Waals surface area contributed by atoms with Gasteiger partial charge < -0.3 is 9.52 Å². The Morgan fingerprint density at radius 2 is 2.17 bits per heavy atom. The van der Waals surface area contributed by atoms with Crippen LogP contribution in [0.5, 0.6) is 0 Å². The molecule has 1 aromatic carbocycles. The number of nitrogens with one attached hydrogen (secondary N) is 1. The van der Waals surface area contributed by atoms with Crippen LogP contribution in [0.4, 0.5) is 0 Å². The molecule has 0 saturated heterocycles. The van der Waals surface area contributed by atoms with Crippen LogP contribution in [-0.2, 0) is 0 Å². The molecule has 1 atom stereocenters. The van der Waals surface area contributed by atoms with Gasteiger partial charge in [0.05, 0.1) is 9.30 Å². The van der Waals surface area contributed by atoms with Crippen LogP contribution in [-0.4, -0.2) is 10.1 Å². The molecular formula is C12H8BrNO3S. The summed E-state index contributed by atoms with van der Waals surface area (Å²) in [5.74, 6) is -0.490. The fraction of sp³-hybridized carbons (Fsp3) is 0.0833. The van der Waals surface area contributed by atoms with Crippen LogP contribution in [0.15, 0.2) is 43.3 Å². The molecule has 0 aliphatic rings. The van der Waals surface area contributed by atoms with Crippen molar-refractivity contribution in [3.05, 3.63) is 55.1 Å². The molecule has 3 aromatic rings. The summed E-state index contributed by atoms with van der Waals surface area (Å²) in [6, 6.07) is 8.91. The number of aliphatic hydroxyl groups excluding tert-OH is 1. The molecule has 0 saturated carbocycles. The number of aromatic nitrogens is 1. The molecule has 18 heavy (non-hydrogen) atoms. The van der Waals surface area contributed by atoms with Gasteiger partial charge in [0, 0.05) is 4.88 Å². The van der Waals surface area contributed by atoms with E-state index in [1.54, 1.807) is 18.2 Å². The first-order valence-corrected chi connectivity index (χ1v) is 6.80. The van der Waals surface area contributed by atoms with Crippen molar-refractivity contribution >= 4 is 38.4 Å². The summed E-state index contributed by atoms with van der Waals surface area (Å²) < 4.78 is 5.94. The van der Waals surface area contributed by atoms with Crippen LogP contribution in [0, 0.1) is 0 Å². The second kappa shape index (κ2) is 4.38. The number of rotatable bonds is 2. The van der Waals surface area contributed by atoms with E-state index in [0.29, 0.717) is 16.7 Å².